The van der Waals surface area contributed by atoms with Gasteiger partial charge in [-0.15, -0.1) is 11.3 Å². The van der Waals surface area contributed by atoms with E-state index < -0.39 is 0 Å². The van der Waals surface area contributed by atoms with Gasteiger partial charge in [-0.3, -0.25) is 10.1 Å². The lowest BCUT2D eigenvalue weighted by Gasteiger charge is -2.03. The molecule has 0 fully saturated rings. The van der Waals surface area contributed by atoms with Gasteiger partial charge in [-0.05, 0) is 12.1 Å². The summed E-state index contributed by atoms with van der Waals surface area (Å²) in [5.74, 6) is 0.520. The van der Waals surface area contributed by atoms with Crippen molar-refractivity contribution >= 4 is 28.5 Å². The van der Waals surface area contributed by atoms with Crippen LogP contribution in [-0.4, -0.2) is 18.0 Å². The van der Waals surface area contributed by atoms with Gasteiger partial charge >= 0.3 is 0 Å². The van der Waals surface area contributed by atoms with Gasteiger partial charge in [0.15, 0.2) is 5.13 Å². The minimum Gasteiger partial charge on any atom is -0.496 e. The quantitative estimate of drug-likeness (QED) is 0.860. The van der Waals surface area contributed by atoms with Crippen molar-refractivity contribution in [1.29, 1.82) is 0 Å². The number of ether oxygens (including phenoxy) is 1. The minimum absolute atomic E-state index is 0.212. The van der Waals surface area contributed by atoms with Gasteiger partial charge < -0.3 is 4.74 Å². The molecule has 0 aliphatic carbocycles. The molecule has 1 aromatic heterocycles. The topological polar surface area (TPSA) is 51.2 Å². The molecule has 1 heterocycles. The number of aromatic nitrogens is 1. The maximum Gasteiger partial charge on any atom is 0.250 e. The predicted octanol–water partition coefficient (Wildman–Crippen LogP) is 2.80. The molecule has 5 heteroatoms. The van der Waals surface area contributed by atoms with Crippen LogP contribution in [0.25, 0.3) is 6.08 Å². The number of carbonyl (C=O) groups is 1. The Balaban J connectivity index is 2.04. The van der Waals surface area contributed by atoms with Crippen molar-refractivity contribution in [3.63, 3.8) is 0 Å². The van der Waals surface area contributed by atoms with Crippen LogP contribution < -0.4 is 10.1 Å². The normalized spacial score (nSPS) is 10.5. The van der Waals surface area contributed by atoms with E-state index in [2.05, 4.69) is 10.3 Å². The number of anilines is 1. The molecule has 0 radical (unpaired) electrons. The average Bonchev–Trinajstić information content (AvgIpc) is 2.89. The third-order valence-corrected chi connectivity index (χ3v) is 2.90. The molecule has 2 aromatic rings. The van der Waals surface area contributed by atoms with Crippen LogP contribution >= 0.6 is 11.3 Å². The lowest BCUT2D eigenvalue weighted by atomic mass is 10.2. The van der Waals surface area contributed by atoms with Gasteiger partial charge in [-0.2, -0.15) is 0 Å². The summed E-state index contributed by atoms with van der Waals surface area (Å²) in [5.41, 5.74) is 0.856. The van der Waals surface area contributed by atoms with Crippen LogP contribution in [0.2, 0.25) is 0 Å². The van der Waals surface area contributed by atoms with E-state index in [0.29, 0.717) is 5.13 Å². The first kappa shape index (κ1) is 12.3. The molecule has 92 valence electrons. The van der Waals surface area contributed by atoms with E-state index in [-0.39, 0.29) is 5.91 Å². The number of hydrogen-bond acceptors (Lipinski definition) is 4. The average molecular weight is 260 g/mol. The van der Waals surface area contributed by atoms with Gasteiger partial charge in [0.05, 0.1) is 7.11 Å². The second-order valence-electron chi connectivity index (χ2n) is 3.40. The summed E-state index contributed by atoms with van der Waals surface area (Å²) in [6.07, 6.45) is 4.81. The van der Waals surface area contributed by atoms with E-state index >= 15 is 0 Å². The fourth-order valence-electron chi connectivity index (χ4n) is 1.40. The van der Waals surface area contributed by atoms with Crippen molar-refractivity contribution in [1.82, 2.24) is 4.98 Å². The van der Waals surface area contributed by atoms with Crippen molar-refractivity contribution in [2.45, 2.75) is 0 Å². The fourth-order valence-corrected chi connectivity index (χ4v) is 1.93. The highest BCUT2D eigenvalue weighted by molar-refractivity contribution is 7.13. The van der Waals surface area contributed by atoms with Gasteiger partial charge in [0, 0.05) is 23.2 Å². The Kier molecular flexibility index (Phi) is 4.09. The van der Waals surface area contributed by atoms with Crippen LogP contribution in [0.5, 0.6) is 5.75 Å². The molecule has 0 bridgehead atoms. The zero-order chi connectivity index (χ0) is 12.8. The lowest BCUT2D eigenvalue weighted by Crippen LogP contribution is -2.07. The molecule has 0 atom stereocenters. The van der Waals surface area contributed by atoms with Crippen LogP contribution in [-0.2, 0) is 4.79 Å². The molecular formula is C13H12N2O2S. The van der Waals surface area contributed by atoms with Crippen LogP contribution in [0.1, 0.15) is 5.56 Å². The van der Waals surface area contributed by atoms with Gasteiger partial charge in [0.1, 0.15) is 5.75 Å². The lowest BCUT2D eigenvalue weighted by molar-refractivity contribution is -0.111. The van der Waals surface area contributed by atoms with Crippen LogP contribution in [0.4, 0.5) is 5.13 Å². The van der Waals surface area contributed by atoms with Crippen molar-refractivity contribution in [2.75, 3.05) is 12.4 Å². The third kappa shape index (κ3) is 3.18. The number of hydrogen-bond donors (Lipinski definition) is 1. The van der Waals surface area contributed by atoms with E-state index in [4.69, 9.17) is 4.74 Å². The SMILES string of the molecule is COc1ccccc1/C=C\C(=O)Nc1nccs1. The van der Waals surface area contributed by atoms with Gasteiger partial charge in [0.2, 0.25) is 5.91 Å². The monoisotopic (exact) mass is 260 g/mol. The van der Waals surface area contributed by atoms with Crippen LogP contribution in [0.3, 0.4) is 0 Å². The molecule has 0 aliphatic heterocycles. The predicted molar refractivity (Wildman–Crippen MR) is 72.8 cm³/mol. The summed E-state index contributed by atoms with van der Waals surface area (Å²) in [4.78, 5) is 15.6. The third-order valence-electron chi connectivity index (χ3n) is 2.22. The largest absolute Gasteiger partial charge is 0.496 e. The maximum absolute atomic E-state index is 11.6. The molecule has 1 amide bonds. The molecule has 4 nitrogen and oxygen atoms in total. The number of para-hydroxylation sites is 1. The molecule has 0 unspecified atom stereocenters. The Morgan fingerprint density at radius 3 is 3.00 bits per heavy atom. The molecule has 0 aliphatic rings. The number of nitrogens with zero attached hydrogens (tertiary/aromatic N) is 1. The molecule has 0 saturated carbocycles. The number of methoxy groups -OCH3 is 1. The standard InChI is InChI=1S/C13H12N2O2S/c1-17-11-5-3-2-4-10(11)6-7-12(16)15-13-14-8-9-18-13/h2-9H,1H3,(H,14,15,16)/b7-6-. The summed E-state index contributed by atoms with van der Waals surface area (Å²) in [5, 5.41) is 5.06. The second kappa shape index (κ2) is 5.97. The first-order valence-electron chi connectivity index (χ1n) is 5.31. The number of carbonyl (C=O) groups excluding carboxylic acids is 1. The first-order chi connectivity index (χ1) is 8.79. The van der Waals surface area contributed by atoms with Gasteiger partial charge in [-0.1, -0.05) is 18.2 Å². The number of nitrogens with one attached hydrogen (secondary N) is 1. The van der Waals surface area contributed by atoms with Crippen molar-refractivity contribution in [3.8, 4) is 5.75 Å². The Morgan fingerprint density at radius 2 is 2.28 bits per heavy atom. The summed E-state index contributed by atoms with van der Waals surface area (Å²) in [6, 6.07) is 7.50. The van der Waals surface area contributed by atoms with E-state index in [1.807, 2.05) is 24.3 Å². The Bertz CT molecular complexity index is 550. The summed E-state index contributed by atoms with van der Waals surface area (Å²) >= 11 is 1.38. The van der Waals surface area contributed by atoms with Gasteiger partial charge in [0.25, 0.3) is 0 Å². The minimum atomic E-state index is -0.212. The molecule has 1 N–H and O–H groups in total. The summed E-state index contributed by atoms with van der Waals surface area (Å²) in [6.45, 7) is 0. The number of benzene rings is 1. The van der Waals surface area contributed by atoms with E-state index in [1.54, 1.807) is 24.8 Å². The Morgan fingerprint density at radius 1 is 1.44 bits per heavy atom. The molecule has 0 spiro atoms. The highest BCUT2D eigenvalue weighted by atomic mass is 32.1. The first-order valence-corrected chi connectivity index (χ1v) is 6.19. The fraction of sp³-hybridized carbons (Fsp3) is 0.0769. The highest BCUT2D eigenvalue weighted by Gasteiger charge is 2.01. The smallest absolute Gasteiger partial charge is 0.250 e. The van der Waals surface area contributed by atoms with Crippen molar-refractivity contribution in [3.05, 3.63) is 47.5 Å². The van der Waals surface area contributed by atoms with Crippen LogP contribution in [0, 0.1) is 0 Å². The van der Waals surface area contributed by atoms with Gasteiger partial charge in [-0.25, -0.2) is 4.98 Å². The van der Waals surface area contributed by atoms with Crippen molar-refractivity contribution in [2.24, 2.45) is 0 Å². The molecular weight excluding hydrogens is 248 g/mol. The number of amides is 1. The van der Waals surface area contributed by atoms with Crippen LogP contribution in [0.15, 0.2) is 41.9 Å². The van der Waals surface area contributed by atoms with Crippen molar-refractivity contribution < 1.29 is 9.53 Å². The highest BCUT2D eigenvalue weighted by Crippen LogP contribution is 2.18. The molecule has 18 heavy (non-hydrogen) atoms. The zero-order valence-corrected chi connectivity index (χ0v) is 10.6. The summed E-state index contributed by atoms with van der Waals surface area (Å²) < 4.78 is 5.19. The zero-order valence-electron chi connectivity index (χ0n) is 9.79. The Hall–Kier alpha value is -2.14. The maximum atomic E-state index is 11.6. The molecule has 1 aromatic carbocycles. The summed E-state index contributed by atoms with van der Waals surface area (Å²) in [7, 11) is 1.60. The molecule has 0 saturated heterocycles. The van der Waals surface area contributed by atoms with E-state index in [1.165, 1.54) is 17.4 Å². The Labute approximate surface area is 109 Å². The number of rotatable bonds is 4. The number of thiazole rings is 1. The second-order valence-corrected chi connectivity index (χ2v) is 4.30. The molecule has 2 rings (SSSR count). The van der Waals surface area contributed by atoms with E-state index in [0.717, 1.165) is 11.3 Å². The van der Waals surface area contributed by atoms with E-state index in [9.17, 15) is 4.79 Å².